The third-order valence-corrected chi connectivity index (χ3v) is 3.74. The van der Waals surface area contributed by atoms with Crippen molar-refractivity contribution in [3.63, 3.8) is 0 Å². The van der Waals surface area contributed by atoms with Gasteiger partial charge in [0.2, 0.25) is 0 Å². The number of aryl methyl sites for hydroxylation is 1. The molecule has 0 saturated carbocycles. The number of hydrogen-bond acceptors (Lipinski definition) is 3. The monoisotopic (exact) mass is 294 g/mol. The Labute approximate surface area is 129 Å². The van der Waals surface area contributed by atoms with E-state index in [4.69, 9.17) is 0 Å². The second-order valence-corrected chi connectivity index (χ2v) is 5.31. The van der Waals surface area contributed by atoms with E-state index in [1.165, 1.54) is 5.56 Å². The van der Waals surface area contributed by atoms with Crippen LogP contribution in [-0.2, 0) is 6.42 Å². The molecular formula is C17H18N4O. The number of amides is 1. The summed E-state index contributed by atoms with van der Waals surface area (Å²) in [6.07, 6.45) is 6.22. The van der Waals surface area contributed by atoms with E-state index in [1.807, 2.05) is 54.9 Å². The van der Waals surface area contributed by atoms with Crippen molar-refractivity contribution in [1.82, 2.24) is 19.3 Å². The number of pyridine rings is 2. The van der Waals surface area contributed by atoms with Gasteiger partial charge in [0, 0.05) is 32.2 Å². The highest BCUT2D eigenvalue weighted by atomic mass is 16.2. The van der Waals surface area contributed by atoms with Crippen LogP contribution in [0.15, 0.2) is 48.9 Å². The third kappa shape index (κ3) is 2.70. The lowest BCUT2D eigenvalue weighted by molar-refractivity contribution is 0.0789. The normalized spacial score (nSPS) is 10.8. The zero-order chi connectivity index (χ0) is 15.5. The number of rotatable bonds is 4. The van der Waals surface area contributed by atoms with E-state index < -0.39 is 0 Å². The molecule has 0 atom stereocenters. The van der Waals surface area contributed by atoms with Crippen molar-refractivity contribution in [2.24, 2.45) is 0 Å². The van der Waals surface area contributed by atoms with Crippen LogP contribution in [0.4, 0.5) is 0 Å². The number of carbonyl (C=O) groups is 1. The predicted octanol–water partition coefficient (Wildman–Crippen LogP) is 2.35. The van der Waals surface area contributed by atoms with E-state index in [0.29, 0.717) is 12.2 Å². The van der Waals surface area contributed by atoms with Crippen molar-refractivity contribution < 1.29 is 4.79 Å². The van der Waals surface area contributed by atoms with Gasteiger partial charge in [0.1, 0.15) is 11.3 Å². The van der Waals surface area contributed by atoms with Gasteiger partial charge in [0.05, 0.1) is 5.69 Å². The number of aromatic nitrogens is 3. The molecule has 0 unspecified atom stereocenters. The Bertz CT molecular complexity index is 795. The van der Waals surface area contributed by atoms with Crippen LogP contribution >= 0.6 is 0 Å². The molecule has 0 aliphatic heterocycles. The van der Waals surface area contributed by atoms with Crippen molar-refractivity contribution >= 4 is 11.6 Å². The minimum Gasteiger partial charge on any atom is -0.340 e. The summed E-state index contributed by atoms with van der Waals surface area (Å²) in [6, 6.07) is 9.67. The van der Waals surface area contributed by atoms with E-state index >= 15 is 0 Å². The molecule has 3 rings (SSSR count). The van der Waals surface area contributed by atoms with Gasteiger partial charge in [-0.1, -0.05) is 6.07 Å². The van der Waals surface area contributed by atoms with Gasteiger partial charge in [0.15, 0.2) is 0 Å². The first-order valence-electron chi connectivity index (χ1n) is 7.25. The molecule has 22 heavy (non-hydrogen) atoms. The summed E-state index contributed by atoms with van der Waals surface area (Å²) in [5.74, 6) is -0.00902. The Morgan fingerprint density at radius 2 is 2.00 bits per heavy atom. The molecule has 0 saturated heterocycles. The lowest BCUT2D eigenvalue weighted by Gasteiger charge is -2.17. The number of likely N-dealkylation sites (N-methyl/N-ethyl adjacent to an activating group) is 1. The zero-order valence-electron chi connectivity index (χ0n) is 12.7. The fourth-order valence-corrected chi connectivity index (χ4v) is 2.50. The summed E-state index contributed by atoms with van der Waals surface area (Å²) in [4.78, 5) is 22.9. The molecule has 0 bridgehead atoms. The highest BCUT2D eigenvalue weighted by Gasteiger charge is 2.19. The fraction of sp³-hybridized carbons (Fsp3) is 0.235. The van der Waals surface area contributed by atoms with Crippen LogP contribution in [0, 0.1) is 6.92 Å². The van der Waals surface area contributed by atoms with Crippen LogP contribution in [0.3, 0.4) is 0 Å². The number of fused-ring (bicyclic) bond motifs is 1. The maximum atomic E-state index is 12.7. The quantitative estimate of drug-likeness (QED) is 0.742. The summed E-state index contributed by atoms with van der Waals surface area (Å²) in [6.45, 7) is 2.53. The molecule has 3 aromatic rings. The average Bonchev–Trinajstić information content (AvgIpc) is 2.88. The number of hydrogen-bond donors (Lipinski definition) is 0. The standard InChI is InChI=1S/C17H18N4O/c1-13-16(21-11-4-3-5-15(21)19-13)17(22)20(2)12-8-14-6-9-18-10-7-14/h3-7,9-11H,8,12H2,1-2H3. The van der Waals surface area contributed by atoms with Gasteiger partial charge in [-0.25, -0.2) is 4.98 Å². The van der Waals surface area contributed by atoms with Gasteiger partial charge >= 0.3 is 0 Å². The van der Waals surface area contributed by atoms with E-state index in [2.05, 4.69) is 9.97 Å². The number of carbonyl (C=O) groups excluding carboxylic acids is 1. The van der Waals surface area contributed by atoms with Crippen molar-refractivity contribution in [3.05, 3.63) is 65.9 Å². The van der Waals surface area contributed by atoms with E-state index in [0.717, 1.165) is 17.8 Å². The average molecular weight is 294 g/mol. The highest BCUT2D eigenvalue weighted by molar-refractivity contribution is 5.94. The first-order chi connectivity index (χ1) is 10.7. The minimum absolute atomic E-state index is 0.00902. The SMILES string of the molecule is Cc1nc2ccccn2c1C(=O)N(C)CCc1ccncc1. The van der Waals surface area contributed by atoms with Gasteiger partial charge in [0.25, 0.3) is 5.91 Å². The lowest BCUT2D eigenvalue weighted by Crippen LogP contribution is -2.30. The Balaban J connectivity index is 1.79. The maximum Gasteiger partial charge on any atom is 0.272 e. The molecule has 3 heterocycles. The second kappa shape index (κ2) is 5.97. The Morgan fingerprint density at radius 3 is 2.77 bits per heavy atom. The molecule has 3 aromatic heterocycles. The molecular weight excluding hydrogens is 276 g/mol. The summed E-state index contributed by atoms with van der Waals surface area (Å²) in [5.41, 5.74) is 3.36. The maximum absolute atomic E-state index is 12.7. The molecule has 0 fully saturated rings. The molecule has 0 aliphatic rings. The first kappa shape index (κ1) is 14.3. The third-order valence-electron chi connectivity index (χ3n) is 3.74. The van der Waals surface area contributed by atoms with Gasteiger partial charge < -0.3 is 4.90 Å². The van der Waals surface area contributed by atoms with Crippen LogP contribution in [-0.4, -0.2) is 38.8 Å². The summed E-state index contributed by atoms with van der Waals surface area (Å²) in [7, 11) is 1.82. The minimum atomic E-state index is -0.00902. The predicted molar refractivity (Wildman–Crippen MR) is 84.8 cm³/mol. The molecule has 112 valence electrons. The molecule has 5 nitrogen and oxygen atoms in total. The van der Waals surface area contributed by atoms with Gasteiger partial charge in [-0.2, -0.15) is 0 Å². The van der Waals surface area contributed by atoms with Crippen LogP contribution in [0.1, 0.15) is 21.7 Å². The molecule has 0 aliphatic carbocycles. The van der Waals surface area contributed by atoms with Crippen molar-refractivity contribution in [2.45, 2.75) is 13.3 Å². The Kier molecular flexibility index (Phi) is 3.87. The van der Waals surface area contributed by atoms with E-state index in [-0.39, 0.29) is 5.91 Å². The Hall–Kier alpha value is -2.69. The molecule has 0 aromatic carbocycles. The molecule has 0 radical (unpaired) electrons. The number of nitrogens with zero attached hydrogens (tertiary/aromatic N) is 4. The smallest absolute Gasteiger partial charge is 0.272 e. The summed E-state index contributed by atoms with van der Waals surface area (Å²) >= 11 is 0. The highest BCUT2D eigenvalue weighted by Crippen LogP contribution is 2.14. The van der Waals surface area contributed by atoms with Gasteiger partial charge in [-0.3, -0.25) is 14.2 Å². The Morgan fingerprint density at radius 1 is 1.23 bits per heavy atom. The van der Waals surface area contributed by atoms with Crippen LogP contribution in [0.5, 0.6) is 0 Å². The zero-order valence-corrected chi connectivity index (χ0v) is 12.7. The molecule has 5 heteroatoms. The number of imidazole rings is 1. The van der Waals surface area contributed by atoms with Crippen molar-refractivity contribution in [3.8, 4) is 0 Å². The molecule has 1 amide bonds. The van der Waals surface area contributed by atoms with Crippen molar-refractivity contribution in [1.29, 1.82) is 0 Å². The van der Waals surface area contributed by atoms with Gasteiger partial charge in [-0.15, -0.1) is 0 Å². The topological polar surface area (TPSA) is 50.5 Å². The van der Waals surface area contributed by atoms with Crippen LogP contribution < -0.4 is 0 Å². The molecule has 0 spiro atoms. The van der Waals surface area contributed by atoms with E-state index in [1.54, 1.807) is 17.3 Å². The summed E-state index contributed by atoms with van der Waals surface area (Å²) in [5, 5.41) is 0. The van der Waals surface area contributed by atoms with E-state index in [9.17, 15) is 4.79 Å². The molecule has 0 N–H and O–H groups in total. The second-order valence-electron chi connectivity index (χ2n) is 5.31. The first-order valence-corrected chi connectivity index (χ1v) is 7.25. The fourth-order valence-electron chi connectivity index (χ4n) is 2.50. The largest absolute Gasteiger partial charge is 0.340 e. The van der Waals surface area contributed by atoms with Crippen LogP contribution in [0.2, 0.25) is 0 Å². The van der Waals surface area contributed by atoms with Crippen LogP contribution in [0.25, 0.3) is 5.65 Å². The summed E-state index contributed by atoms with van der Waals surface area (Å²) < 4.78 is 1.85. The lowest BCUT2D eigenvalue weighted by atomic mass is 10.2. The van der Waals surface area contributed by atoms with Crippen molar-refractivity contribution in [2.75, 3.05) is 13.6 Å². The van der Waals surface area contributed by atoms with Gasteiger partial charge in [-0.05, 0) is 43.2 Å².